The molecule has 0 fully saturated rings. The zero-order chi connectivity index (χ0) is 15.0. The number of hydrogen-bond donors (Lipinski definition) is 1. The van der Waals surface area contributed by atoms with Crippen LogP contribution in [-0.2, 0) is 0 Å². The summed E-state index contributed by atoms with van der Waals surface area (Å²) in [6.07, 6.45) is 3.74. The number of unbranched alkanes of at least 4 members (excludes halogenated alkanes) is 2. The standard InChI is InChI=1S/C18H31NO/c1-6-19(7-2)11-9-8-10-12-20-18-14-15(3)13-16(4)17(18)5/h13-14H,6-12H2,1-5H3/p+1. The fourth-order valence-electron chi connectivity index (χ4n) is 2.59. The van der Waals surface area contributed by atoms with E-state index in [2.05, 4.69) is 46.8 Å². The van der Waals surface area contributed by atoms with Crippen molar-refractivity contribution in [2.75, 3.05) is 26.2 Å². The molecule has 0 aliphatic rings. The van der Waals surface area contributed by atoms with Gasteiger partial charge in [0.25, 0.3) is 0 Å². The van der Waals surface area contributed by atoms with Gasteiger partial charge in [-0.2, -0.15) is 0 Å². The first-order valence-corrected chi connectivity index (χ1v) is 8.12. The van der Waals surface area contributed by atoms with Crippen LogP contribution in [0.15, 0.2) is 12.1 Å². The van der Waals surface area contributed by atoms with Gasteiger partial charge < -0.3 is 9.64 Å². The van der Waals surface area contributed by atoms with Crippen molar-refractivity contribution in [3.63, 3.8) is 0 Å². The summed E-state index contributed by atoms with van der Waals surface area (Å²) in [4.78, 5) is 1.70. The molecule has 1 rings (SSSR count). The summed E-state index contributed by atoms with van der Waals surface area (Å²) in [7, 11) is 0. The number of quaternary nitrogens is 1. The fraction of sp³-hybridized carbons (Fsp3) is 0.667. The summed E-state index contributed by atoms with van der Waals surface area (Å²) < 4.78 is 5.95. The number of ether oxygens (including phenoxy) is 1. The van der Waals surface area contributed by atoms with E-state index in [1.54, 1.807) is 4.90 Å². The number of benzene rings is 1. The summed E-state index contributed by atoms with van der Waals surface area (Å²) in [6.45, 7) is 15.6. The predicted octanol–water partition coefficient (Wildman–Crippen LogP) is 3.09. The van der Waals surface area contributed by atoms with Crippen LogP contribution in [0.3, 0.4) is 0 Å². The first-order valence-electron chi connectivity index (χ1n) is 8.12. The second-order valence-corrected chi connectivity index (χ2v) is 5.82. The summed E-state index contributed by atoms with van der Waals surface area (Å²) >= 11 is 0. The zero-order valence-corrected chi connectivity index (χ0v) is 14.0. The van der Waals surface area contributed by atoms with E-state index in [1.165, 1.54) is 49.2 Å². The van der Waals surface area contributed by atoms with Gasteiger partial charge in [0.05, 0.1) is 26.2 Å². The minimum absolute atomic E-state index is 0.845. The second-order valence-electron chi connectivity index (χ2n) is 5.82. The van der Waals surface area contributed by atoms with Crippen LogP contribution >= 0.6 is 0 Å². The minimum atomic E-state index is 0.845. The van der Waals surface area contributed by atoms with Crippen LogP contribution in [0.2, 0.25) is 0 Å². The number of aryl methyl sites for hydroxylation is 2. The molecule has 0 radical (unpaired) electrons. The Labute approximate surface area is 125 Å². The van der Waals surface area contributed by atoms with Crippen LogP contribution in [0, 0.1) is 20.8 Å². The monoisotopic (exact) mass is 278 g/mol. The lowest BCUT2D eigenvalue weighted by molar-refractivity contribution is -0.896. The Morgan fingerprint density at radius 2 is 1.65 bits per heavy atom. The predicted molar refractivity (Wildman–Crippen MR) is 86.9 cm³/mol. The molecule has 0 saturated heterocycles. The van der Waals surface area contributed by atoms with Crippen LogP contribution < -0.4 is 9.64 Å². The van der Waals surface area contributed by atoms with Crippen molar-refractivity contribution in [1.29, 1.82) is 0 Å². The van der Waals surface area contributed by atoms with E-state index in [0.29, 0.717) is 0 Å². The summed E-state index contributed by atoms with van der Waals surface area (Å²) in [5.74, 6) is 1.07. The van der Waals surface area contributed by atoms with E-state index < -0.39 is 0 Å². The highest BCUT2D eigenvalue weighted by atomic mass is 16.5. The van der Waals surface area contributed by atoms with E-state index in [9.17, 15) is 0 Å². The fourth-order valence-corrected chi connectivity index (χ4v) is 2.59. The first kappa shape index (κ1) is 17.0. The molecule has 20 heavy (non-hydrogen) atoms. The molecule has 0 atom stereocenters. The van der Waals surface area contributed by atoms with Crippen molar-refractivity contribution in [2.24, 2.45) is 0 Å². The highest BCUT2D eigenvalue weighted by molar-refractivity contribution is 5.41. The van der Waals surface area contributed by atoms with E-state index >= 15 is 0 Å². The smallest absolute Gasteiger partial charge is 0.122 e. The van der Waals surface area contributed by atoms with Crippen LogP contribution in [0.25, 0.3) is 0 Å². The molecule has 0 saturated carbocycles. The van der Waals surface area contributed by atoms with E-state index in [4.69, 9.17) is 4.74 Å². The molecular formula is C18H32NO+. The largest absolute Gasteiger partial charge is 0.493 e. The second kappa shape index (κ2) is 9.02. The van der Waals surface area contributed by atoms with Gasteiger partial charge in [-0.15, -0.1) is 0 Å². The van der Waals surface area contributed by atoms with Crippen LogP contribution in [0.5, 0.6) is 5.75 Å². The lowest BCUT2D eigenvalue weighted by atomic mass is 10.1. The average Bonchev–Trinajstić information content (AvgIpc) is 2.43. The van der Waals surface area contributed by atoms with Gasteiger partial charge in [-0.05, 0) is 76.6 Å². The van der Waals surface area contributed by atoms with Crippen LogP contribution in [-0.4, -0.2) is 26.2 Å². The average molecular weight is 278 g/mol. The van der Waals surface area contributed by atoms with E-state index in [1.807, 2.05) is 0 Å². The Kier molecular flexibility index (Phi) is 7.68. The van der Waals surface area contributed by atoms with Crippen molar-refractivity contribution in [2.45, 2.75) is 53.9 Å². The van der Waals surface area contributed by atoms with Crippen molar-refractivity contribution in [3.05, 3.63) is 28.8 Å². The molecule has 2 heteroatoms. The van der Waals surface area contributed by atoms with Crippen LogP contribution in [0.1, 0.15) is 49.8 Å². The van der Waals surface area contributed by atoms with Crippen molar-refractivity contribution < 1.29 is 9.64 Å². The molecule has 0 bridgehead atoms. The van der Waals surface area contributed by atoms with E-state index in [0.717, 1.165) is 18.8 Å². The Bertz CT molecular complexity index is 397. The third kappa shape index (κ3) is 5.54. The topological polar surface area (TPSA) is 13.7 Å². The molecule has 0 aliphatic carbocycles. The van der Waals surface area contributed by atoms with Gasteiger partial charge in [-0.1, -0.05) is 6.07 Å². The quantitative estimate of drug-likeness (QED) is 0.685. The summed E-state index contributed by atoms with van der Waals surface area (Å²) in [5.41, 5.74) is 3.89. The molecular weight excluding hydrogens is 246 g/mol. The Hall–Kier alpha value is -1.02. The molecule has 0 heterocycles. The van der Waals surface area contributed by atoms with Crippen molar-refractivity contribution in [3.8, 4) is 5.75 Å². The molecule has 1 aromatic carbocycles. The Morgan fingerprint density at radius 3 is 2.30 bits per heavy atom. The lowest BCUT2D eigenvalue weighted by Crippen LogP contribution is -3.11. The third-order valence-electron chi connectivity index (χ3n) is 4.20. The third-order valence-corrected chi connectivity index (χ3v) is 4.20. The van der Waals surface area contributed by atoms with Gasteiger partial charge >= 0.3 is 0 Å². The molecule has 0 aliphatic heterocycles. The molecule has 0 unspecified atom stereocenters. The van der Waals surface area contributed by atoms with Gasteiger partial charge in [0.15, 0.2) is 0 Å². The lowest BCUT2D eigenvalue weighted by Gasteiger charge is -2.15. The molecule has 114 valence electrons. The molecule has 1 N–H and O–H groups in total. The molecule has 0 amide bonds. The highest BCUT2D eigenvalue weighted by Crippen LogP contribution is 2.23. The Morgan fingerprint density at radius 1 is 0.950 bits per heavy atom. The maximum atomic E-state index is 5.95. The van der Waals surface area contributed by atoms with Crippen molar-refractivity contribution in [1.82, 2.24) is 0 Å². The van der Waals surface area contributed by atoms with Crippen LogP contribution in [0.4, 0.5) is 0 Å². The van der Waals surface area contributed by atoms with Gasteiger partial charge in [-0.3, -0.25) is 0 Å². The van der Waals surface area contributed by atoms with E-state index in [-0.39, 0.29) is 0 Å². The first-order chi connectivity index (χ1) is 9.58. The maximum Gasteiger partial charge on any atom is 0.122 e. The number of rotatable bonds is 9. The summed E-state index contributed by atoms with van der Waals surface area (Å²) in [5, 5.41) is 0. The Balaban J connectivity index is 2.25. The van der Waals surface area contributed by atoms with Gasteiger partial charge in [0, 0.05) is 0 Å². The van der Waals surface area contributed by atoms with Gasteiger partial charge in [0.2, 0.25) is 0 Å². The molecule has 2 nitrogen and oxygen atoms in total. The molecule has 1 aromatic rings. The molecule has 0 aromatic heterocycles. The SMILES string of the molecule is CC[NH+](CC)CCCCCOc1cc(C)cc(C)c1C. The van der Waals surface area contributed by atoms with Crippen molar-refractivity contribution >= 4 is 0 Å². The normalized spacial score (nSPS) is 11.1. The highest BCUT2D eigenvalue weighted by Gasteiger charge is 2.04. The summed E-state index contributed by atoms with van der Waals surface area (Å²) in [6, 6.07) is 4.37. The minimum Gasteiger partial charge on any atom is -0.493 e. The zero-order valence-electron chi connectivity index (χ0n) is 14.0. The molecule has 0 spiro atoms. The maximum absolute atomic E-state index is 5.95. The van der Waals surface area contributed by atoms with Gasteiger partial charge in [0.1, 0.15) is 5.75 Å². The van der Waals surface area contributed by atoms with Gasteiger partial charge in [-0.25, -0.2) is 0 Å². The number of hydrogen-bond acceptors (Lipinski definition) is 1. The number of nitrogens with one attached hydrogen (secondary N) is 1.